The molecule has 0 saturated carbocycles. The molecule has 32 heavy (non-hydrogen) atoms. The molecule has 4 rings (SSSR count). The quantitative estimate of drug-likeness (QED) is 0.619. The topological polar surface area (TPSA) is 84.6 Å². The van der Waals surface area contributed by atoms with Crippen molar-refractivity contribution in [1.82, 2.24) is 14.9 Å². The van der Waals surface area contributed by atoms with Gasteiger partial charge in [-0.2, -0.15) is 0 Å². The van der Waals surface area contributed by atoms with E-state index in [0.29, 0.717) is 18.1 Å². The number of aromatic nitrogens is 2. The number of ether oxygens (including phenoxy) is 1. The third-order valence-electron chi connectivity index (χ3n) is 5.68. The van der Waals surface area contributed by atoms with Crippen LogP contribution in [0.1, 0.15) is 27.7 Å². The first-order valence-electron chi connectivity index (χ1n) is 10.8. The molecule has 2 aromatic carbocycles. The minimum Gasteiger partial charge on any atom is -0.369 e. The normalized spacial score (nSPS) is 16.6. The van der Waals surface area contributed by atoms with Crippen LogP contribution in [0.3, 0.4) is 0 Å². The van der Waals surface area contributed by atoms with Crippen LogP contribution in [0.15, 0.2) is 60.8 Å². The Hall–Kier alpha value is -3.29. The van der Waals surface area contributed by atoms with E-state index in [2.05, 4.69) is 34.1 Å². The van der Waals surface area contributed by atoms with Crippen molar-refractivity contribution in [2.75, 3.05) is 45.2 Å². The Morgan fingerprint density at radius 2 is 2.00 bits per heavy atom. The standard InChI is InChI=1S/C25H29N5O2/c1-29(2)25-27-16-21(19-9-6-10-20(15-19)24(26)31)23(28-25)22-17-30(13-14-32-22)12-11-18-7-4-3-5-8-18/h3-10,15-16,22H,11-14,17H2,1-2H3,(H2,26,31)/t22-/m0/s1. The van der Waals surface area contributed by atoms with Crippen LogP contribution >= 0.6 is 0 Å². The lowest BCUT2D eigenvalue weighted by atomic mass is 9.99. The number of nitrogens with zero attached hydrogens (tertiary/aromatic N) is 4. The molecule has 1 atom stereocenters. The van der Waals surface area contributed by atoms with E-state index in [-0.39, 0.29) is 6.10 Å². The van der Waals surface area contributed by atoms with E-state index in [1.54, 1.807) is 12.1 Å². The van der Waals surface area contributed by atoms with E-state index in [1.165, 1.54) is 5.56 Å². The van der Waals surface area contributed by atoms with Crippen LogP contribution in [0.4, 0.5) is 5.95 Å². The predicted octanol–water partition coefficient (Wildman–Crippen LogP) is 2.92. The van der Waals surface area contributed by atoms with Gasteiger partial charge in [0.25, 0.3) is 0 Å². The maximum atomic E-state index is 11.7. The Morgan fingerprint density at radius 3 is 2.75 bits per heavy atom. The van der Waals surface area contributed by atoms with E-state index in [1.807, 2.05) is 43.4 Å². The number of hydrogen-bond acceptors (Lipinski definition) is 6. The van der Waals surface area contributed by atoms with Crippen molar-refractivity contribution < 1.29 is 9.53 Å². The molecule has 1 saturated heterocycles. The molecule has 7 nitrogen and oxygen atoms in total. The zero-order valence-electron chi connectivity index (χ0n) is 18.6. The summed E-state index contributed by atoms with van der Waals surface area (Å²) in [4.78, 5) is 25.4. The molecule has 166 valence electrons. The first kappa shape index (κ1) is 21.9. The molecule has 0 bridgehead atoms. The average Bonchev–Trinajstić information content (AvgIpc) is 2.83. The molecule has 1 aromatic heterocycles. The maximum absolute atomic E-state index is 11.7. The first-order valence-corrected chi connectivity index (χ1v) is 10.8. The summed E-state index contributed by atoms with van der Waals surface area (Å²) in [6.45, 7) is 3.24. The minimum atomic E-state index is -0.458. The molecule has 2 N–H and O–H groups in total. The molecule has 1 fully saturated rings. The van der Waals surface area contributed by atoms with Crippen molar-refractivity contribution in [3.8, 4) is 11.1 Å². The van der Waals surface area contributed by atoms with Gasteiger partial charge in [-0.15, -0.1) is 0 Å². The zero-order chi connectivity index (χ0) is 22.5. The zero-order valence-corrected chi connectivity index (χ0v) is 18.6. The number of morpholine rings is 1. The second kappa shape index (κ2) is 9.89. The summed E-state index contributed by atoms with van der Waals surface area (Å²) in [5.41, 5.74) is 9.82. The van der Waals surface area contributed by atoms with Gasteiger partial charge in [0.1, 0.15) is 6.10 Å². The van der Waals surface area contributed by atoms with Crippen molar-refractivity contribution in [3.63, 3.8) is 0 Å². The summed E-state index contributed by atoms with van der Waals surface area (Å²) in [6, 6.07) is 17.8. The largest absolute Gasteiger partial charge is 0.369 e. The van der Waals surface area contributed by atoms with Gasteiger partial charge in [0.05, 0.1) is 12.3 Å². The summed E-state index contributed by atoms with van der Waals surface area (Å²) in [7, 11) is 3.83. The number of nitrogens with two attached hydrogens (primary N) is 1. The Bertz CT molecular complexity index is 1070. The van der Waals surface area contributed by atoms with E-state index in [9.17, 15) is 4.79 Å². The van der Waals surface area contributed by atoms with E-state index in [0.717, 1.165) is 42.9 Å². The summed E-state index contributed by atoms with van der Waals surface area (Å²) < 4.78 is 6.18. The molecule has 1 amide bonds. The third kappa shape index (κ3) is 5.12. The second-order valence-electron chi connectivity index (χ2n) is 8.20. The predicted molar refractivity (Wildman–Crippen MR) is 126 cm³/mol. The maximum Gasteiger partial charge on any atom is 0.248 e. The fourth-order valence-corrected chi connectivity index (χ4v) is 3.91. The smallest absolute Gasteiger partial charge is 0.248 e. The van der Waals surface area contributed by atoms with Crippen LogP contribution < -0.4 is 10.6 Å². The molecule has 2 heterocycles. The summed E-state index contributed by atoms with van der Waals surface area (Å²) in [6.07, 6.45) is 2.62. The fourth-order valence-electron chi connectivity index (χ4n) is 3.91. The number of primary amides is 1. The summed E-state index contributed by atoms with van der Waals surface area (Å²) in [5, 5.41) is 0. The number of rotatable bonds is 7. The minimum absolute atomic E-state index is 0.187. The number of hydrogen-bond donors (Lipinski definition) is 1. The van der Waals surface area contributed by atoms with Gasteiger partial charge in [0, 0.05) is 51.1 Å². The SMILES string of the molecule is CN(C)c1ncc(-c2cccc(C(N)=O)c2)c([C@@H]2CN(CCc3ccccc3)CCO2)n1. The Labute approximate surface area is 188 Å². The highest BCUT2D eigenvalue weighted by Gasteiger charge is 2.27. The molecule has 7 heteroatoms. The van der Waals surface area contributed by atoms with Gasteiger partial charge >= 0.3 is 0 Å². The number of carbonyl (C=O) groups excluding carboxylic acids is 1. The van der Waals surface area contributed by atoms with Crippen LogP contribution in [0.25, 0.3) is 11.1 Å². The second-order valence-corrected chi connectivity index (χ2v) is 8.20. The molecule has 0 unspecified atom stereocenters. The molecule has 1 aliphatic heterocycles. The first-order chi connectivity index (χ1) is 15.5. The summed E-state index contributed by atoms with van der Waals surface area (Å²) >= 11 is 0. The number of benzene rings is 2. The number of amides is 1. The van der Waals surface area contributed by atoms with Crippen molar-refractivity contribution in [2.45, 2.75) is 12.5 Å². The van der Waals surface area contributed by atoms with Crippen LogP contribution in [0.2, 0.25) is 0 Å². The Kier molecular flexibility index (Phi) is 6.78. The lowest BCUT2D eigenvalue weighted by molar-refractivity contribution is -0.0313. The van der Waals surface area contributed by atoms with Crippen LogP contribution in [0.5, 0.6) is 0 Å². The molecular weight excluding hydrogens is 402 g/mol. The molecule has 1 aliphatic rings. The Balaban J connectivity index is 1.61. The van der Waals surface area contributed by atoms with E-state index < -0.39 is 5.91 Å². The average molecular weight is 432 g/mol. The van der Waals surface area contributed by atoms with Crippen molar-refractivity contribution in [2.24, 2.45) is 5.73 Å². The van der Waals surface area contributed by atoms with Gasteiger partial charge in [-0.05, 0) is 29.7 Å². The van der Waals surface area contributed by atoms with Crippen LogP contribution in [0, 0.1) is 0 Å². The molecule has 0 aliphatic carbocycles. The van der Waals surface area contributed by atoms with Gasteiger partial charge in [0.2, 0.25) is 11.9 Å². The van der Waals surface area contributed by atoms with Gasteiger partial charge in [-0.1, -0.05) is 42.5 Å². The van der Waals surface area contributed by atoms with Gasteiger partial charge in [0.15, 0.2) is 0 Å². The van der Waals surface area contributed by atoms with Crippen LogP contribution in [-0.4, -0.2) is 61.1 Å². The number of carbonyl (C=O) groups is 1. The van der Waals surface area contributed by atoms with E-state index in [4.69, 9.17) is 15.5 Å². The molecule has 3 aromatic rings. The lowest BCUT2D eigenvalue weighted by Crippen LogP contribution is -2.40. The highest BCUT2D eigenvalue weighted by molar-refractivity contribution is 5.94. The highest BCUT2D eigenvalue weighted by Crippen LogP contribution is 2.32. The molecule has 0 spiro atoms. The summed E-state index contributed by atoms with van der Waals surface area (Å²) in [5.74, 6) is 0.167. The fraction of sp³-hybridized carbons (Fsp3) is 0.320. The van der Waals surface area contributed by atoms with Crippen molar-refractivity contribution >= 4 is 11.9 Å². The molecular formula is C25H29N5O2. The number of anilines is 1. The van der Waals surface area contributed by atoms with E-state index >= 15 is 0 Å². The van der Waals surface area contributed by atoms with Gasteiger partial charge < -0.3 is 15.4 Å². The van der Waals surface area contributed by atoms with Crippen molar-refractivity contribution in [1.29, 1.82) is 0 Å². The Morgan fingerprint density at radius 1 is 1.19 bits per heavy atom. The van der Waals surface area contributed by atoms with Crippen LogP contribution in [-0.2, 0) is 11.2 Å². The molecule has 0 radical (unpaired) electrons. The van der Waals surface area contributed by atoms with Gasteiger partial charge in [-0.25, -0.2) is 9.97 Å². The van der Waals surface area contributed by atoms with Gasteiger partial charge in [-0.3, -0.25) is 9.69 Å². The van der Waals surface area contributed by atoms with Crippen molar-refractivity contribution in [3.05, 3.63) is 77.6 Å². The lowest BCUT2D eigenvalue weighted by Gasteiger charge is -2.33. The third-order valence-corrected chi connectivity index (χ3v) is 5.68. The highest BCUT2D eigenvalue weighted by atomic mass is 16.5. The monoisotopic (exact) mass is 431 g/mol.